The molecule has 2 heterocycles. The fraction of sp³-hybridized carbons (Fsp3) is 0.368. The number of hydrogen-bond acceptors (Lipinski definition) is 2. The largest absolute Gasteiger partial charge is 0.342 e. The van der Waals surface area contributed by atoms with Crippen LogP contribution in [0.4, 0.5) is 0 Å². The quantitative estimate of drug-likeness (QED) is 0.836. The third kappa shape index (κ3) is 4.26. The summed E-state index contributed by atoms with van der Waals surface area (Å²) in [5.74, 6) is 0.624. The topological polar surface area (TPSA) is 42.3 Å². The summed E-state index contributed by atoms with van der Waals surface area (Å²) in [6.07, 6.45) is 4.10. The summed E-state index contributed by atoms with van der Waals surface area (Å²) in [7, 11) is 0. The molecule has 24 heavy (non-hydrogen) atoms. The van der Waals surface area contributed by atoms with Gasteiger partial charge in [0.15, 0.2) is 0 Å². The van der Waals surface area contributed by atoms with Gasteiger partial charge in [0.1, 0.15) is 0 Å². The highest BCUT2D eigenvalue weighted by Crippen LogP contribution is 2.22. The van der Waals surface area contributed by atoms with Gasteiger partial charge in [-0.1, -0.05) is 29.8 Å². The van der Waals surface area contributed by atoms with Crippen LogP contribution in [0.15, 0.2) is 53.5 Å². The number of halogens is 1. The van der Waals surface area contributed by atoms with E-state index >= 15 is 0 Å². The lowest BCUT2D eigenvalue weighted by Crippen LogP contribution is -2.30. The summed E-state index contributed by atoms with van der Waals surface area (Å²) in [5, 5.41) is 0.748. The Kier molecular flexibility index (Phi) is 5.36. The molecule has 0 aliphatic carbocycles. The molecule has 4 nitrogen and oxygen atoms in total. The van der Waals surface area contributed by atoms with Gasteiger partial charge < -0.3 is 9.47 Å². The molecule has 1 unspecified atom stereocenters. The van der Waals surface area contributed by atoms with Crippen molar-refractivity contribution in [2.24, 2.45) is 5.92 Å². The fourth-order valence-corrected chi connectivity index (χ4v) is 3.33. The summed E-state index contributed by atoms with van der Waals surface area (Å²) in [5.41, 5.74) is 1.20. The normalized spacial score (nSPS) is 17.2. The van der Waals surface area contributed by atoms with Crippen molar-refractivity contribution in [3.63, 3.8) is 0 Å². The molecule has 0 radical (unpaired) electrons. The van der Waals surface area contributed by atoms with E-state index in [4.69, 9.17) is 11.6 Å². The van der Waals surface area contributed by atoms with E-state index in [2.05, 4.69) is 12.1 Å². The second-order valence-corrected chi connectivity index (χ2v) is 6.74. The summed E-state index contributed by atoms with van der Waals surface area (Å²) < 4.78 is 1.58. The molecule has 1 aromatic heterocycles. The fourth-order valence-electron chi connectivity index (χ4n) is 3.20. The van der Waals surface area contributed by atoms with Crippen LogP contribution < -0.4 is 5.56 Å². The lowest BCUT2D eigenvalue weighted by Gasteiger charge is -2.17. The van der Waals surface area contributed by atoms with Crippen molar-refractivity contribution in [1.82, 2.24) is 9.47 Å². The lowest BCUT2D eigenvalue weighted by atomic mass is 9.99. The minimum Gasteiger partial charge on any atom is -0.342 e. The monoisotopic (exact) mass is 344 g/mol. The third-order valence-electron chi connectivity index (χ3n) is 4.54. The third-order valence-corrected chi connectivity index (χ3v) is 4.79. The maximum atomic E-state index is 12.4. The highest BCUT2D eigenvalue weighted by atomic mass is 35.5. The van der Waals surface area contributed by atoms with Crippen molar-refractivity contribution in [3.05, 3.63) is 69.6 Å². The molecule has 0 spiro atoms. The Labute approximate surface area is 146 Å². The van der Waals surface area contributed by atoms with Gasteiger partial charge >= 0.3 is 0 Å². The van der Waals surface area contributed by atoms with Crippen LogP contribution in [-0.2, 0) is 17.8 Å². The van der Waals surface area contributed by atoms with Gasteiger partial charge in [-0.05, 0) is 42.5 Å². The Bertz CT molecular complexity index is 754. The molecule has 0 bridgehead atoms. The zero-order chi connectivity index (χ0) is 16.9. The van der Waals surface area contributed by atoms with Crippen LogP contribution in [-0.4, -0.2) is 28.5 Å². The van der Waals surface area contributed by atoms with E-state index in [0.717, 1.165) is 31.0 Å². The maximum Gasteiger partial charge on any atom is 0.250 e. The SMILES string of the molecule is O=C(CCn1ccccc1=O)N1CCC(Cc2ccc(Cl)cc2)C1. The molecule has 1 aromatic carbocycles. The molecule has 1 amide bonds. The van der Waals surface area contributed by atoms with Crippen molar-refractivity contribution >= 4 is 17.5 Å². The Morgan fingerprint density at radius 1 is 1.17 bits per heavy atom. The van der Waals surface area contributed by atoms with E-state index in [1.165, 1.54) is 11.6 Å². The molecule has 1 aliphatic heterocycles. The molecule has 1 saturated heterocycles. The standard InChI is InChI=1S/C19H21ClN2O2/c20-17-6-4-15(5-7-17)13-16-8-11-22(14-16)19(24)9-12-21-10-2-1-3-18(21)23/h1-7,10,16H,8-9,11-14H2. The number of aryl methyl sites for hydroxylation is 1. The predicted molar refractivity (Wildman–Crippen MR) is 95.2 cm³/mol. The van der Waals surface area contributed by atoms with E-state index in [0.29, 0.717) is 18.9 Å². The van der Waals surface area contributed by atoms with Gasteiger partial charge in [0, 0.05) is 43.3 Å². The molecule has 2 aromatic rings. The average molecular weight is 345 g/mol. The second-order valence-electron chi connectivity index (χ2n) is 6.31. The van der Waals surface area contributed by atoms with Crippen LogP contribution in [0.5, 0.6) is 0 Å². The molecular weight excluding hydrogens is 324 g/mol. The summed E-state index contributed by atoms with van der Waals surface area (Å²) in [4.78, 5) is 26.0. The zero-order valence-electron chi connectivity index (χ0n) is 13.5. The average Bonchev–Trinajstić information content (AvgIpc) is 3.05. The van der Waals surface area contributed by atoms with Crippen molar-refractivity contribution in [1.29, 1.82) is 0 Å². The van der Waals surface area contributed by atoms with Gasteiger partial charge in [0.25, 0.3) is 5.56 Å². The second kappa shape index (κ2) is 7.67. The molecule has 5 heteroatoms. The van der Waals surface area contributed by atoms with E-state index in [9.17, 15) is 9.59 Å². The van der Waals surface area contributed by atoms with Crippen LogP contribution in [0.3, 0.4) is 0 Å². The van der Waals surface area contributed by atoms with Gasteiger partial charge in [-0.15, -0.1) is 0 Å². The predicted octanol–water partition coefficient (Wildman–Crippen LogP) is 2.98. The lowest BCUT2D eigenvalue weighted by molar-refractivity contribution is -0.130. The first-order valence-corrected chi connectivity index (χ1v) is 8.67. The number of benzene rings is 1. The number of likely N-dealkylation sites (tertiary alicyclic amines) is 1. The van der Waals surface area contributed by atoms with Gasteiger partial charge in [0.2, 0.25) is 5.91 Å². The number of carbonyl (C=O) groups excluding carboxylic acids is 1. The molecule has 1 atom stereocenters. The number of amides is 1. The first-order chi connectivity index (χ1) is 11.6. The Hall–Kier alpha value is -2.07. The molecule has 0 saturated carbocycles. The summed E-state index contributed by atoms with van der Waals surface area (Å²) in [6.45, 7) is 2.04. The number of nitrogens with zero attached hydrogens (tertiary/aromatic N) is 2. The Morgan fingerprint density at radius 2 is 1.96 bits per heavy atom. The van der Waals surface area contributed by atoms with E-state index in [-0.39, 0.29) is 11.5 Å². The van der Waals surface area contributed by atoms with Crippen LogP contribution >= 0.6 is 11.6 Å². The summed E-state index contributed by atoms with van der Waals surface area (Å²) in [6, 6.07) is 13.0. The summed E-state index contributed by atoms with van der Waals surface area (Å²) >= 11 is 5.91. The molecule has 126 valence electrons. The van der Waals surface area contributed by atoms with E-state index in [1.54, 1.807) is 16.8 Å². The van der Waals surface area contributed by atoms with E-state index < -0.39 is 0 Å². The number of carbonyl (C=O) groups is 1. The molecule has 1 fully saturated rings. The minimum absolute atomic E-state index is 0.0627. The number of hydrogen-bond donors (Lipinski definition) is 0. The van der Waals surface area contributed by atoms with Crippen molar-refractivity contribution < 1.29 is 4.79 Å². The van der Waals surface area contributed by atoms with Crippen molar-refractivity contribution in [3.8, 4) is 0 Å². The molecule has 1 aliphatic rings. The Morgan fingerprint density at radius 3 is 2.71 bits per heavy atom. The highest BCUT2D eigenvalue weighted by molar-refractivity contribution is 6.30. The van der Waals surface area contributed by atoms with Crippen LogP contribution in [0.1, 0.15) is 18.4 Å². The van der Waals surface area contributed by atoms with Crippen LogP contribution in [0.2, 0.25) is 5.02 Å². The smallest absolute Gasteiger partial charge is 0.250 e. The minimum atomic E-state index is -0.0627. The first-order valence-electron chi connectivity index (χ1n) is 8.29. The van der Waals surface area contributed by atoms with Gasteiger partial charge in [0.05, 0.1) is 0 Å². The number of rotatable bonds is 5. The maximum absolute atomic E-state index is 12.4. The van der Waals surface area contributed by atoms with E-state index in [1.807, 2.05) is 23.1 Å². The first kappa shape index (κ1) is 16.8. The van der Waals surface area contributed by atoms with Gasteiger partial charge in [-0.2, -0.15) is 0 Å². The van der Waals surface area contributed by atoms with Gasteiger partial charge in [-0.3, -0.25) is 9.59 Å². The number of aromatic nitrogens is 1. The van der Waals surface area contributed by atoms with Gasteiger partial charge in [-0.25, -0.2) is 0 Å². The van der Waals surface area contributed by atoms with Crippen LogP contribution in [0, 0.1) is 5.92 Å². The highest BCUT2D eigenvalue weighted by Gasteiger charge is 2.26. The molecule has 0 N–H and O–H groups in total. The zero-order valence-corrected chi connectivity index (χ0v) is 14.3. The molecule has 3 rings (SSSR count). The van der Waals surface area contributed by atoms with Crippen molar-refractivity contribution in [2.75, 3.05) is 13.1 Å². The Balaban J connectivity index is 1.49. The van der Waals surface area contributed by atoms with Crippen molar-refractivity contribution in [2.45, 2.75) is 25.8 Å². The number of pyridine rings is 1. The molecular formula is C19H21ClN2O2. The van der Waals surface area contributed by atoms with Crippen LogP contribution in [0.25, 0.3) is 0 Å².